The van der Waals surface area contributed by atoms with Crippen molar-refractivity contribution in [2.24, 2.45) is 4.99 Å². The summed E-state index contributed by atoms with van der Waals surface area (Å²) in [6.07, 6.45) is 0.0767. The molecule has 3 rings (SSSR count). The molecule has 1 aliphatic rings. The predicted molar refractivity (Wildman–Crippen MR) is 107 cm³/mol. The van der Waals surface area contributed by atoms with Gasteiger partial charge in [-0.2, -0.15) is 0 Å². The third kappa shape index (κ3) is 4.87. The number of carbonyl (C=O) groups excluding carboxylic acids is 2. The lowest BCUT2D eigenvalue weighted by molar-refractivity contribution is -0.129. The molecule has 1 heterocycles. The number of benzene rings is 2. The first-order valence-electron chi connectivity index (χ1n) is 8.34. The number of rotatable bonds is 4. The quantitative estimate of drug-likeness (QED) is 0.816. The summed E-state index contributed by atoms with van der Waals surface area (Å²) in [5.74, 6) is -0.834. The number of thioether (sulfide) groups is 1. The molecule has 1 atom stereocenters. The SMILES string of the molecule is CCN1C(=O)C[C@H](C(=O)Nc2cccc(Cl)c2)SC1=Nc1ccc(F)cc1. The minimum atomic E-state index is -0.613. The largest absolute Gasteiger partial charge is 0.325 e. The van der Waals surface area contributed by atoms with Crippen molar-refractivity contribution < 1.29 is 14.0 Å². The lowest BCUT2D eigenvalue weighted by atomic mass is 10.2. The highest BCUT2D eigenvalue weighted by Gasteiger charge is 2.35. The van der Waals surface area contributed by atoms with Crippen molar-refractivity contribution in [3.05, 3.63) is 59.4 Å². The average molecular weight is 406 g/mol. The van der Waals surface area contributed by atoms with Crippen molar-refractivity contribution >= 4 is 51.7 Å². The van der Waals surface area contributed by atoms with Gasteiger partial charge in [0, 0.05) is 23.7 Å². The van der Waals surface area contributed by atoms with Crippen LogP contribution in [0.2, 0.25) is 5.02 Å². The van der Waals surface area contributed by atoms with Crippen LogP contribution in [0, 0.1) is 5.82 Å². The van der Waals surface area contributed by atoms with E-state index in [0.29, 0.717) is 28.1 Å². The van der Waals surface area contributed by atoms with Gasteiger partial charge in [-0.1, -0.05) is 29.4 Å². The number of aliphatic imine (C=N–C) groups is 1. The topological polar surface area (TPSA) is 61.8 Å². The number of hydrogen-bond acceptors (Lipinski definition) is 4. The van der Waals surface area contributed by atoms with E-state index >= 15 is 0 Å². The van der Waals surface area contributed by atoms with Gasteiger partial charge in [0.15, 0.2) is 5.17 Å². The van der Waals surface area contributed by atoms with E-state index in [1.54, 1.807) is 24.3 Å². The first-order valence-corrected chi connectivity index (χ1v) is 9.59. The zero-order chi connectivity index (χ0) is 19.4. The zero-order valence-corrected chi connectivity index (χ0v) is 16.1. The highest BCUT2D eigenvalue weighted by Crippen LogP contribution is 2.30. The second-order valence-electron chi connectivity index (χ2n) is 5.82. The van der Waals surface area contributed by atoms with Crippen LogP contribution in [0.15, 0.2) is 53.5 Å². The van der Waals surface area contributed by atoms with E-state index in [9.17, 15) is 14.0 Å². The standard InChI is InChI=1S/C19H17ClFN3O2S/c1-2-24-17(25)11-16(18(26)22-15-5-3-4-12(20)10-15)27-19(24)23-14-8-6-13(21)7-9-14/h3-10,16H,2,11H2,1H3,(H,22,26)/t16-/m1/s1. The van der Waals surface area contributed by atoms with Crippen molar-refractivity contribution in [1.29, 1.82) is 0 Å². The van der Waals surface area contributed by atoms with E-state index < -0.39 is 5.25 Å². The Morgan fingerprint density at radius 2 is 2.07 bits per heavy atom. The van der Waals surface area contributed by atoms with Crippen molar-refractivity contribution in [2.45, 2.75) is 18.6 Å². The average Bonchev–Trinajstić information content (AvgIpc) is 2.63. The van der Waals surface area contributed by atoms with Gasteiger partial charge in [0.2, 0.25) is 11.8 Å². The van der Waals surface area contributed by atoms with Crippen molar-refractivity contribution in [3.63, 3.8) is 0 Å². The highest BCUT2D eigenvalue weighted by atomic mass is 35.5. The molecule has 0 aromatic heterocycles. The molecular formula is C19H17ClFN3O2S. The Bertz CT molecular complexity index is 889. The van der Waals surface area contributed by atoms with Gasteiger partial charge in [-0.25, -0.2) is 9.38 Å². The van der Waals surface area contributed by atoms with Gasteiger partial charge < -0.3 is 5.32 Å². The van der Waals surface area contributed by atoms with Gasteiger partial charge in [-0.05, 0) is 49.4 Å². The second kappa shape index (κ2) is 8.54. The molecule has 2 amide bonds. The van der Waals surface area contributed by atoms with Gasteiger partial charge in [0.05, 0.1) is 5.69 Å². The number of amidine groups is 1. The number of nitrogens with zero attached hydrogens (tertiary/aromatic N) is 2. The Kier molecular flexibility index (Phi) is 6.13. The maximum absolute atomic E-state index is 13.1. The molecule has 0 unspecified atom stereocenters. The summed E-state index contributed by atoms with van der Waals surface area (Å²) in [4.78, 5) is 31.0. The van der Waals surface area contributed by atoms with Gasteiger partial charge in [0.25, 0.3) is 0 Å². The van der Waals surface area contributed by atoms with Crippen molar-refractivity contribution in [2.75, 3.05) is 11.9 Å². The van der Waals surface area contributed by atoms with Crippen molar-refractivity contribution in [3.8, 4) is 0 Å². The fraction of sp³-hybridized carbons (Fsp3) is 0.211. The van der Waals surface area contributed by atoms with Gasteiger partial charge in [0.1, 0.15) is 11.1 Å². The summed E-state index contributed by atoms with van der Waals surface area (Å²) >= 11 is 7.15. The monoisotopic (exact) mass is 405 g/mol. The number of amides is 2. The molecule has 140 valence electrons. The van der Waals surface area contributed by atoms with E-state index in [1.807, 2.05) is 6.92 Å². The highest BCUT2D eigenvalue weighted by molar-refractivity contribution is 8.15. The summed E-state index contributed by atoms with van der Waals surface area (Å²) in [6.45, 7) is 2.28. The predicted octanol–water partition coefficient (Wildman–Crippen LogP) is 4.46. The second-order valence-corrected chi connectivity index (χ2v) is 7.43. The summed E-state index contributed by atoms with van der Waals surface area (Å²) in [6, 6.07) is 12.5. The molecule has 2 aromatic carbocycles. The maximum atomic E-state index is 13.1. The van der Waals surface area contributed by atoms with E-state index in [2.05, 4.69) is 10.3 Å². The fourth-order valence-corrected chi connectivity index (χ4v) is 3.92. The molecule has 1 N–H and O–H groups in total. The Hall–Kier alpha value is -2.38. The Balaban J connectivity index is 1.80. The molecule has 0 radical (unpaired) electrons. The molecule has 0 aliphatic carbocycles. The van der Waals surface area contributed by atoms with Crippen LogP contribution in [-0.2, 0) is 9.59 Å². The van der Waals surface area contributed by atoms with Crippen LogP contribution in [-0.4, -0.2) is 33.7 Å². The van der Waals surface area contributed by atoms with E-state index in [0.717, 1.165) is 0 Å². The minimum absolute atomic E-state index is 0.0767. The van der Waals surface area contributed by atoms with Crippen LogP contribution in [0.3, 0.4) is 0 Å². The molecule has 0 saturated carbocycles. The molecule has 0 bridgehead atoms. The van der Waals surface area contributed by atoms with Crippen LogP contribution < -0.4 is 5.32 Å². The summed E-state index contributed by atoms with van der Waals surface area (Å²) in [7, 11) is 0. The van der Waals surface area contributed by atoms with Gasteiger partial charge >= 0.3 is 0 Å². The van der Waals surface area contributed by atoms with Crippen molar-refractivity contribution in [1.82, 2.24) is 4.90 Å². The third-order valence-electron chi connectivity index (χ3n) is 3.89. The number of halogens is 2. The summed E-state index contributed by atoms with van der Waals surface area (Å²) in [5, 5.41) is 3.10. The number of carbonyl (C=O) groups is 2. The Labute approximate surface area is 165 Å². The van der Waals surface area contributed by atoms with Gasteiger partial charge in [-0.3, -0.25) is 14.5 Å². The molecule has 8 heteroatoms. The van der Waals surface area contributed by atoms with Crippen LogP contribution in [0.1, 0.15) is 13.3 Å². The fourth-order valence-electron chi connectivity index (χ4n) is 2.57. The van der Waals surface area contributed by atoms with Crippen LogP contribution in [0.4, 0.5) is 15.8 Å². The Morgan fingerprint density at radius 3 is 2.74 bits per heavy atom. The first-order chi connectivity index (χ1) is 13.0. The van der Waals surface area contributed by atoms with Crippen LogP contribution >= 0.6 is 23.4 Å². The smallest absolute Gasteiger partial charge is 0.238 e. The summed E-state index contributed by atoms with van der Waals surface area (Å²) < 4.78 is 13.1. The molecule has 27 heavy (non-hydrogen) atoms. The summed E-state index contributed by atoms with van der Waals surface area (Å²) in [5.41, 5.74) is 1.08. The zero-order valence-electron chi connectivity index (χ0n) is 14.5. The van der Waals surface area contributed by atoms with E-state index in [4.69, 9.17) is 11.6 Å². The molecule has 1 aliphatic heterocycles. The molecule has 2 aromatic rings. The maximum Gasteiger partial charge on any atom is 0.238 e. The first kappa shape index (κ1) is 19.4. The molecule has 0 spiro atoms. The molecule has 1 saturated heterocycles. The number of hydrogen-bond donors (Lipinski definition) is 1. The lowest BCUT2D eigenvalue weighted by Gasteiger charge is -2.30. The van der Waals surface area contributed by atoms with Gasteiger partial charge in [-0.15, -0.1) is 0 Å². The number of anilines is 1. The minimum Gasteiger partial charge on any atom is -0.325 e. The Morgan fingerprint density at radius 1 is 1.33 bits per heavy atom. The molecular weight excluding hydrogens is 389 g/mol. The molecule has 5 nitrogen and oxygen atoms in total. The lowest BCUT2D eigenvalue weighted by Crippen LogP contribution is -2.45. The van der Waals surface area contributed by atoms with E-state index in [-0.39, 0.29) is 24.1 Å². The van der Waals surface area contributed by atoms with Crippen LogP contribution in [0.5, 0.6) is 0 Å². The number of nitrogens with one attached hydrogen (secondary N) is 1. The van der Waals surface area contributed by atoms with Crippen LogP contribution in [0.25, 0.3) is 0 Å². The molecule has 1 fully saturated rings. The third-order valence-corrected chi connectivity index (χ3v) is 5.31. The normalized spacial score (nSPS) is 18.6. The van der Waals surface area contributed by atoms with E-state index in [1.165, 1.54) is 40.9 Å².